The van der Waals surface area contributed by atoms with Crippen molar-refractivity contribution in [3.8, 4) is 0 Å². The van der Waals surface area contributed by atoms with Gasteiger partial charge in [-0.2, -0.15) is 0 Å². The smallest absolute Gasteiger partial charge is 0.338 e. The normalized spacial score (nSPS) is 19.5. The molecule has 0 bridgehead atoms. The van der Waals surface area contributed by atoms with Crippen molar-refractivity contribution in [3.63, 3.8) is 0 Å². The van der Waals surface area contributed by atoms with Crippen molar-refractivity contribution in [1.82, 2.24) is 0 Å². The quantitative estimate of drug-likeness (QED) is 0.717. The van der Waals surface area contributed by atoms with Crippen molar-refractivity contribution in [2.75, 3.05) is 10.8 Å². The summed E-state index contributed by atoms with van der Waals surface area (Å²) in [4.78, 5) is 24.3. The number of esters is 1. The summed E-state index contributed by atoms with van der Waals surface area (Å²) >= 11 is 0. The minimum absolute atomic E-state index is 0.0486. The maximum absolute atomic E-state index is 13.2. The fourth-order valence-corrected chi connectivity index (χ4v) is 5.45. The second-order valence-electron chi connectivity index (χ2n) is 7.44. The number of para-hydroxylation sites is 1. The molecule has 1 fully saturated rings. The van der Waals surface area contributed by atoms with Gasteiger partial charge in [-0.05, 0) is 68.0 Å². The lowest BCUT2D eigenvalue weighted by atomic mass is 9.96. The summed E-state index contributed by atoms with van der Waals surface area (Å²) in [6.45, 7) is 0.424. The zero-order valence-corrected chi connectivity index (χ0v) is 16.9. The van der Waals surface area contributed by atoms with Gasteiger partial charge in [-0.15, -0.1) is 0 Å². The highest BCUT2D eigenvalue weighted by Gasteiger charge is 2.30. The first-order valence-corrected chi connectivity index (χ1v) is 11.4. The number of aryl methyl sites for hydroxylation is 1. The van der Waals surface area contributed by atoms with Crippen LogP contribution in [0, 0.1) is 0 Å². The molecule has 7 heteroatoms. The minimum Gasteiger partial charge on any atom is -0.451 e. The number of hydrogen-bond acceptors (Lipinski definition) is 5. The summed E-state index contributed by atoms with van der Waals surface area (Å²) in [6, 6.07) is 13.2. The molecule has 6 nitrogen and oxygen atoms in total. The Balaban J connectivity index is 1.53. The van der Waals surface area contributed by atoms with Gasteiger partial charge in [0.2, 0.25) is 0 Å². The van der Waals surface area contributed by atoms with Crippen LogP contribution in [0.15, 0.2) is 53.4 Å². The van der Waals surface area contributed by atoms with Crippen LogP contribution in [0.4, 0.5) is 5.69 Å². The Hall–Kier alpha value is -2.67. The first kappa shape index (κ1) is 19.6. The number of sulfonamides is 1. The molecule has 0 spiro atoms. The molecule has 0 aromatic heterocycles. The number of fused-ring (bicyclic) bond motifs is 1. The summed E-state index contributed by atoms with van der Waals surface area (Å²) in [7, 11) is -3.73. The summed E-state index contributed by atoms with van der Waals surface area (Å²) in [5.41, 5.74) is 1.96. The summed E-state index contributed by atoms with van der Waals surface area (Å²) in [6.07, 6.45) is 3.60. The molecule has 1 aliphatic carbocycles. The number of anilines is 1. The molecule has 0 N–H and O–H groups in total. The van der Waals surface area contributed by atoms with E-state index in [0.717, 1.165) is 31.2 Å². The first-order chi connectivity index (χ1) is 14.0. The van der Waals surface area contributed by atoms with Crippen LogP contribution < -0.4 is 4.31 Å². The zero-order valence-electron chi connectivity index (χ0n) is 16.0. The fraction of sp³-hybridized carbons (Fsp3) is 0.364. The van der Waals surface area contributed by atoms with Crippen molar-refractivity contribution in [2.45, 2.75) is 49.5 Å². The highest BCUT2D eigenvalue weighted by Crippen LogP contribution is 2.31. The van der Waals surface area contributed by atoms with Crippen LogP contribution in [0.5, 0.6) is 0 Å². The van der Waals surface area contributed by atoms with Crippen molar-refractivity contribution in [1.29, 1.82) is 0 Å². The molecule has 1 unspecified atom stereocenters. The van der Waals surface area contributed by atoms with Gasteiger partial charge in [-0.3, -0.25) is 9.10 Å². The third kappa shape index (κ3) is 3.92. The van der Waals surface area contributed by atoms with Gasteiger partial charge in [-0.25, -0.2) is 13.2 Å². The number of carbonyl (C=O) groups is 2. The zero-order chi connectivity index (χ0) is 20.4. The molecular formula is C22H23NO5S. The standard InChI is InChI=1S/C22H23NO5S/c24-20-9-3-4-10-21(20)28-22(25)17-11-13-18(14-12-17)29(26,27)23-15-5-7-16-6-1-2-8-19(16)23/h1-2,6,8,11-14,21H,3-5,7,9-10,15H2. The second-order valence-corrected chi connectivity index (χ2v) is 9.30. The van der Waals surface area contributed by atoms with Gasteiger partial charge in [-0.1, -0.05) is 18.2 Å². The van der Waals surface area contributed by atoms with E-state index in [-0.39, 0.29) is 16.2 Å². The topological polar surface area (TPSA) is 80.8 Å². The van der Waals surface area contributed by atoms with Crippen molar-refractivity contribution >= 4 is 27.5 Å². The SMILES string of the molecule is O=C(OC1CCCCC1=O)c1ccc(S(=O)(=O)N2CCCc3ccccc32)cc1. The van der Waals surface area contributed by atoms with Gasteiger partial charge < -0.3 is 4.74 Å². The Bertz CT molecular complexity index is 1030. The number of benzene rings is 2. The Morgan fingerprint density at radius 3 is 2.48 bits per heavy atom. The lowest BCUT2D eigenvalue weighted by Crippen LogP contribution is -2.35. The van der Waals surface area contributed by atoms with E-state index >= 15 is 0 Å². The predicted octanol–water partition coefficient (Wildman–Crippen LogP) is 3.50. The molecule has 0 amide bonds. The number of ketones is 1. The molecule has 2 aliphatic rings. The minimum atomic E-state index is -3.73. The molecule has 4 rings (SSSR count). The monoisotopic (exact) mass is 413 g/mol. The van der Waals surface area contributed by atoms with Crippen LogP contribution in [-0.2, 0) is 26.0 Å². The van der Waals surface area contributed by atoms with Crippen molar-refractivity contribution in [3.05, 3.63) is 59.7 Å². The van der Waals surface area contributed by atoms with E-state index in [1.807, 2.05) is 24.3 Å². The molecule has 29 heavy (non-hydrogen) atoms. The van der Waals surface area contributed by atoms with Crippen LogP contribution >= 0.6 is 0 Å². The molecule has 1 heterocycles. The highest BCUT2D eigenvalue weighted by atomic mass is 32.2. The second kappa shape index (κ2) is 7.99. The molecular weight excluding hydrogens is 390 g/mol. The molecule has 2 aromatic rings. The van der Waals surface area contributed by atoms with Gasteiger partial charge in [0.15, 0.2) is 11.9 Å². The maximum Gasteiger partial charge on any atom is 0.338 e. The predicted molar refractivity (Wildman–Crippen MR) is 108 cm³/mol. The van der Waals surface area contributed by atoms with E-state index in [2.05, 4.69) is 0 Å². The molecule has 0 radical (unpaired) electrons. The van der Waals surface area contributed by atoms with Gasteiger partial charge in [0, 0.05) is 13.0 Å². The highest BCUT2D eigenvalue weighted by molar-refractivity contribution is 7.92. The summed E-state index contributed by atoms with van der Waals surface area (Å²) < 4.78 is 33.1. The van der Waals surface area contributed by atoms with E-state index in [0.29, 0.717) is 25.1 Å². The van der Waals surface area contributed by atoms with Crippen LogP contribution in [-0.4, -0.2) is 32.8 Å². The Labute approximate surface area is 170 Å². The van der Waals surface area contributed by atoms with Crippen LogP contribution in [0.3, 0.4) is 0 Å². The van der Waals surface area contributed by atoms with Crippen LogP contribution in [0.2, 0.25) is 0 Å². The lowest BCUT2D eigenvalue weighted by Gasteiger charge is -2.30. The van der Waals surface area contributed by atoms with Gasteiger partial charge in [0.05, 0.1) is 16.1 Å². The molecule has 152 valence electrons. The fourth-order valence-electron chi connectivity index (χ4n) is 3.91. The molecule has 1 saturated carbocycles. The van der Waals surface area contributed by atoms with E-state index in [1.54, 1.807) is 0 Å². The Morgan fingerprint density at radius 2 is 1.72 bits per heavy atom. The lowest BCUT2D eigenvalue weighted by molar-refractivity contribution is -0.129. The van der Waals surface area contributed by atoms with E-state index in [4.69, 9.17) is 4.74 Å². The van der Waals surface area contributed by atoms with Gasteiger partial charge >= 0.3 is 5.97 Å². The van der Waals surface area contributed by atoms with E-state index in [9.17, 15) is 18.0 Å². The van der Waals surface area contributed by atoms with Crippen LogP contribution in [0.25, 0.3) is 0 Å². The van der Waals surface area contributed by atoms with Crippen molar-refractivity contribution < 1.29 is 22.7 Å². The third-order valence-corrected chi connectivity index (χ3v) is 7.32. The number of ether oxygens (including phenoxy) is 1. The molecule has 0 saturated heterocycles. The first-order valence-electron chi connectivity index (χ1n) is 9.91. The Morgan fingerprint density at radius 1 is 0.966 bits per heavy atom. The van der Waals surface area contributed by atoms with Gasteiger partial charge in [0.1, 0.15) is 0 Å². The molecule has 2 aromatic carbocycles. The van der Waals surface area contributed by atoms with E-state index < -0.39 is 22.1 Å². The number of nitrogens with zero attached hydrogens (tertiary/aromatic N) is 1. The van der Waals surface area contributed by atoms with Crippen molar-refractivity contribution in [2.24, 2.45) is 0 Å². The molecule has 1 atom stereocenters. The Kier molecular flexibility index (Phi) is 5.41. The van der Waals surface area contributed by atoms with Gasteiger partial charge in [0.25, 0.3) is 10.0 Å². The summed E-state index contributed by atoms with van der Waals surface area (Å²) in [5.74, 6) is -0.648. The average Bonchev–Trinajstić information content (AvgIpc) is 2.75. The summed E-state index contributed by atoms with van der Waals surface area (Å²) in [5, 5.41) is 0. The third-order valence-electron chi connectivity index (χ3n) is 5.49. The number of carbonyl (C=O) groups excluding carboxylic acids is 2. The maximum atomic E-state index is 13.2. The molecule has 1 aliphatic heterocycles. The van der Waals surface area contributed by atoms with E-state index in [1.165, 1.54) is 28.6 Å². The van der Waals surface area contributed by atoms with Crippen LogP contribution in [0.1, 0.15) is 48.0 Å². The number of rotatable bonds is 4. The largest absolute Gasteiger partial charge is 0.451 e. The number of Topliss-reactive ketones (excluding diaryl/α,β-unsaturated/α-hetero) is 1. The number of hydrogen-bond donors (Lipinski definition) is 0. The average molecular weight is 413 g/mol.